The van der Waals surface area contributed by atoms with Crippen LogP contribution in [0.1, 0.15) is 11.6 Å². The molecule has 1 atom stereocenters. The standard InChI is InChI=1S/C17H20N4O3.ClH/c22-21(23)15-3-5-16(6-4-15)24-11-10-20-9-8-19-13-17(20)14-2-1-7-18-12-14;/h1-7,12,17,19H,8-11,13H2;1H. The van der Waals surface area contributed by atoms with E-state index in [0.717, 1.165) is 26.2 Å². The number of benzene rings is 1. The number of pyridine rings is 1. The van der Waals surface area contributed by atoms with E-state index in [0.29, 0.717) is 12.4 Å². The van der Waals surface area contributed by atoms with Crippen molar-refractivity contribution in [3.63, 3.8) is 0 Å². The van der Waals surface area contributed by atoms with Gasteiger partial charge in [-0.05, 0) is 23.8 Å². The molecular formula is C17H21ClN4O3. The minimum Gasteiger partial charge on any atom is -0.492 e. The van der Waals surface area contributed by atoms with Crippen LogP contribution in [0.15, 0.2) is 48.8 Å². The summed E-state index contributed by atoms with van der Waals surface area (Å²) in [5.74, 6) is 0.647. The summed E-state index contributed by atoms with van der Waals surface area (Å²) in [5.41, 5.74) is 1.26. The molecule has 0 amide bonds. The van der Waals surface area contributed by atoms with Crippen LogP contribution in [0.3, 0.4) is 0 Å². The highest BCUT2D eigenvalue weighted by Crippen LogP contribution is 2.21. The third-order valence-corrected chi connectivity index (χ3v) is 4.12. The van der Waals surface area contributed by atoms with Crippen LogP contribution in [0.2, 0.25) is 0 Å². The van der Waals surface area contributed by atoms with E-state index in [9.17, 15) is 10.1 Å². The van der Waals surface area contributed by atoms with E-state index >= 15 is 0 Å². The minimum atomic E-state index is -0.414. The van der Waals surface area contributed by atoms with E-state index in [4.69, 9.17) is 4.74 Å². The van der Waals surface area contributed by atoms with E-state index in [-0.39, 0.29) is 24.1 Å². The summed E-state index contributed by atoms with van der Waals surface area (Å²) in [6, 6.07) is 10.5. The van der Waals surface area contributed by atoms with Crippen molar-refractivity contribution in [2.45, 2.75) is 6.04 Å². The first-order valence-electron chi connectivity index (χ1n) is 7.96. The van der Waals surface area contributed by atoms with Gasteiger partial charge in [0.05, 0.1) is 4.92 Å². The van der Waals surface area contributed by atoms with Crippen molar-refractivity contribution >= 4 is 18.1 Å². The van der Waals surface area contributed by atoms with Crippen LogP contribution < -0.4 is 10.1 Å². The van der Waals surface area contributed by atoms with Crippen LogP contribution >= 0.6 is 12.4 Å². The molecule has 0 aliphatic carbocycles. The van der Waals surface area contributed by atoms with Gasteiger partial charge in [-0.2, -0.15) is 0 Å². The molecule has 3 rings (SSSR count). The zero-order chi connectivity index (χ0) is 16.8. The fraction of sp³-hybridized carbons (Fsp3) is 0.353. The van der Waals surface area contributed by atoms with Crippen LogP contribution in [-0.2, 0) is 0 Å². The normalized spacial score (nSPS) is 17.5. The lowest BCUT2D eigenvalue weighted by Crippen LogP contribution is -2.47. The number of nitrogens with zero attached hydrogens (tertiary/aromatic N) is 3. The highest BCUT2D eigenvalue weighted by Gasteiger charge is 2.23. The lowest BCUT2D eigenvalue weighted by atomic mass is 10.1. The topological polar surface area (TPSA) is 80.5 Å². The maximum absolute atomic E-state index is 10.7. The van der Waals surface area contributed by atoms with E-state index in [1.807, 2.05) is 12.3 Å². The first-order valence-corrected chi connectivity index (χ1v) is 7.96. The van der Waals surface area contributed by atoms with Gasteiger partial charge in [0.2, 0.25) is 0 Å². The molecule has 0 bridgehead atoms. The molecule has 2 heterocycles. The molecule has 8 heteroatoms. The highest BCUT2D eigenvalue weighted by atomic mass is 35.5. The second-order valence-electron chi connectivity index (χ2n) is 5.64. The lowest BCUT2D eigenvalue weighted by molar-refractivity contribution is -0.384. The van der Waals surface area contributed by atoms with Crippen molar-refractivity contribution in [3.8, 4) is 5.75 Å². The Morgan fingerprint density at radius 1 is 1.32 bits per heavy atom. The van der Waals surface area contributed by atoms with Gasteiger partial charge in [-0.1, -0.05) is 6.07 Å². The molecule has 1 N–H and O–H groups in total. The minimum absolute atomic E-state index is 0. The Hall–Kier alpha value is -2.22. The summed E-state index contributed by atoms with van der Waals surface area (Å²) in [7, 11) is 0. The van der Waals surface area contributed by atoms with Gasteiger partial charge < -0.3 is 10.1 Å². The number of nitro benzene ring substituents is 1. The first-order chi connectivity index (χ1) is 11.7. The average molecular weight is 365 g/mol. The van der Waals surface area contributed by atoms with E-state index in [1.165, 1.54) is 17.7 Å². The Kier molecular flexibility index (Phi) is 7.12. The molecule has 1 aromatic heterocycles. The van der Waals surface area contributed by atoms with Crippen molar-refractivity contribution in [1.29, 1.82) is 0 Å². The fourth-order valence-electron chi connectivity index (χ4n) is 2.86. The highest BCUT2D eigenvalue weighted by molar-refractivity contribution is 5.85. The number of nitro groups is 1. The van der Waals surface area contributed by atoms with Crippen LogP contribution in [-0.4, -0.2) is 47.6 Å². The van der Waals surface area contributed by atoms with Gasteiger partial charge in [-0.15, -0.1) is 12.4 Å². The SMILES string of the molecule is Cl.O=[N+]([O-])c1ccc(OCCN2CCNCC2c2cccnc2)cc1. The van der Waals surface area contributed by atoms with E-state index in [2.05, 4.69) is 21.3 Å². The molecule has 1 unspecified atom stereocenters. The molecule has 0 saturated carbocycles. The number of ether oxygens (including phenoxy) is 1. The molecule has 2 aromatic rings. The van der Waals surface area contributed by atoms with Crippen molar-refractivity contribution in [2.24, 2.45) is 0 Å². The Morgan fingerprint density at radius 2 is 2.12 bits per heavy atom. The lowest BCUT2D eigenvalue weighted by Gasteiger charge is -2.36. The molecule has 0 radical (unpaired) electrons. The largest absolute Gasteiger partial charge is 0.492 e. The Balaban J connectivity index is 0.00000225. The zero-order valence-corrected chi connectivity index (χ0v) is 14.5. The van der Waals surface area contributed by atoms with Crippen molar-refractivity contribution in [2.75, 3.05) is 32.8 Å². The predicted molar refractivity (Wildman–Crippen MR) is 97.3 cm³/mol. The number of nitrogens with one attached hydrogen (secondary N) is 1. The summed E-state index contributed by atoms with van der Waals surface area (Å²) < 4.78 is 5.73. The van der Waals surface area contributed by atoms with Gasteiger partial charge in [-0.3, -0.25) is 20.0 Å². The number of non-ortho nitro benzene ring substituents is 1. The van der Waals surface area contributed by atoms with Gasteiger partial charge >= 0.3 is 0 Å². The maximum atomic E-state index is 10.7. The van der Waals surface area contributed by atoms with Crippen LogP contribution in [0.4, 0.5) is 5.69 Å². The number of aromatic nitrogens is 1. The van der Waals surface area contributed by atoms with Gasteiger partial charge in [0.1, 0.15) is 12.4 Å². The summed E-state index contributed by atoms with van der Waals surface area (Å²) in [4.78, 5) is 16.8. The molecule has 1 fully saturated rings. The zero-order valence-electron chi connectivity index (χ0n) is 13.7. The molecule has 0 spiro atoms. The molecule has 134 valence electrons. The van der Waals surface area contributed by atoms with Gasteiger partial charge in [0, 0.05) is 56.7 Å². The molecule has 7 nitrogen and oxygen atoms in total. The number of hydrogen-bond donors (Lipinski definition) is 1. The first kappa shape index (κ1) is 19.1. The van der Waals surface area contributed by atoms with Crippen molar-refractivity contribution in [1.82, 2.24) is 15.2 Å². The second kappa shape index (κ2) is 9.31. The molecule has 1 aliphatic rings. The Labute approximate surface area is 152 Å². The van der Waals surface area contributed by atoms with Gasteiger partial charge in [0.25, 0.3) is 5.69 Å². The fourth-order valence-corrected chi connectivity index (χ4v) is 2.86. The third-order valence-electron chi connectivity index (χ3n) is 4.12. The van der Waals surface area contributed by atoms with Crippen LogP contribution in [0.5, 0.6) is 5.75 Å². The van der Waals surface area contributed by atoms with E-state index in [1.54, 1.807) is 18.3 Å². The maximum Gasteiger partial charge on any atom is 0.269 e. The molecule has 1 aliphatic heterocycles. The van der Waals surface area contributed by atoms with Crippen molar-refractivity contribution in [3.05, 3.63) is 64.5 Å². The number of piperazine rings is 1. The summed E-state index contributed by atoms with van der Waals surface area (Å²) >= 11 is 0. The Morgan fingerprint density at radius 3 is 2.80 bits per heavy atom. The molecule has 1 aromatic carbocycles. The summed E-state index contributed by atoms with van der Waals surface area (Å²) in [5, 5.41) is 14.1. The molecule has 25 heavy (non-hydrogen) atoms. The number of halogens is 1. The van der Waals surface area contributed by atoms with Gasteiger partial charge in [-0.25, -0.2) is 0 Å². The Bertz CT molecular complexity index is 669. The quantitative estimate of drug-likeness (QED) is 0.626. The van der Waals surface area contributed by atoms with Crippen LogP contribution in [0, 0.1) is 10.1 Å². The molecule has 1 saturated heterocycles. The van der Waals surface area contributed by atoms with Crippen LogP contribution in [0.25, 0.3) is 0 Å². The monoisotopic (exact) mass is 364 g/mol. The van der Waals surface area contributed by atoms with E-state index < -0.39 is 4.92 Å². The smallest absolute Gasteiger partial charge is 0.269 e. The summed E-state index contributed by atoms with van der Waals surface area (Å²) in [6.45, 7) is 4.12. The third kappa shape index (κ3) is 5.12. The number of rotatable bonds is 6. The molecular weight excluding hydrogens is 344 g/mol. The number of hydrogen-bond acceptors (Lipinski definition) is 6. The van der Waals surface area contributed by atoms with Gasteiger partial charge in [0.15, 0.2) is 0 Å². The average Bonchev–Trinajstić information content (AvgIpc) is 2.63. The van der Waals surface area contributed by atoms with Crippen molar-refractivity contribution < 1.29 is 9.66 Å². The second-order valence-corrected chi connectivity index (χ2v) is 5.64. The predicted octanol–water partition coefficient (Wildman–Crippen LogP) is 2.44. The summed E-state index contributed by atoms with van der Waals surface area (Å²) in [6.07, 6.45) is 3.68.